The molecule has 0 aliphatic carbocycles. The van der Waals surface area contributed by atoms with E-state index >= 15 is 0 Å². The van der Waals surface area contributed by atoms with Crippen molar-refractivity contribution in [3.8, 4) is 0 Å². The van der Waals surface area contributed by atoms with E-state index in [1.54, 1.807) is 43.6 Å². The Morgan fingerprint density at radius 2 is 1.94 bits per heavy atom. The lowest BCUT2D eigenvalue weighted by molar-refractivity contribution is -0.179. The van der Waals surface area contributed by atoms with Gasteiger partial charge in [-0.2, -0.15) is 0 Å². The molecular weight excluding hydrogens is 467 g/mol. The fourth-order valence-electron chi connectivity index (χ4n) is 4.72. The van der Waals surface area contributed by atoms with Gasteiger partial charge in [0.25, 0.3) is 5.91 Å². The second-order valence-electron chi connectivity index (χ2n) is 10.8. The molecule has 13 heteroatoms. The van der Waals surface area contributed by atoms with Crippen molar-refractivity contribution in [3.05, 3.63) is 12.7 Å². The van der Waals surface area contributed by atoms with Crippen molar-refractivity contribution in [2.75, 3.05) is 12.8 Å². The number of imidazole rings is 1. The molecule has 0 saturated carbocycles. The number of likely N-dealkylation sites (tertiary alicyclic amines) is 1. The summed E-state index contributed by atoms with van der Waals surface area (Å²) in [5.41, 5.74) is 4.46. The largest absolute Gasteiger partial charge is 0.382 e. The summed E-state index contributed by atoms with van der Waals surface area (Å²) >= 11 is 5.34. The molecular formula is C20H31N6O5PS. The Kier molecular flexibility index (Phi) is 5.67. The minimum Gasteiger partial charge on any atom is -0.382 e. The van der Waals surface area contributed by atoms with E-state index in [0.717, 1.165) is 0 Å². The second kappa shape index (κ2) is 7.66. The predicted molar refractivity (Wildman–Crippen MR) is 125 cm³/mol. The first-order chi connectivity index (χ1) is 15.0. The van der Waals surface area contributed by atoms with Gasteiger partial charge in [-0.25, -0.2) is 15.0 Å². The predicted octanol–water partition coefficient (Wildman–Crippen LogP) is 2.37. The third kappa shape index (κ3) is 4.28. The molecule has 2 fully saturated rings. The molecule has 33 heavy (non-hydrogen) atoms. The number of carbonyl (C=O) groups excluding carboxylic acids is 1. The van der Waals surface area contributed by atoms with Crippen molar-refractivity contribution in [1.29, 1.82) is 0 Å². The number of anilines is 1. The molecule has 2 saturated heterocycles. The maximum absolute atomic E-state index is 13.5. The number of carbonyl (C=O) groups is 1. The number of fused-ring (bicyclic) bond motifs is 3. The number of ether oxygens (including phenoxy) is 1. The molecule has 3 N–H and O–H groups in total. The summed E-state index contributed by atoms with van der Waals surface area (Å²) in [6.45, 7) is 7.65. The van der Waals surface area contributed by atoms with Crippen LogP contribution in [0.4, 0.5) is 5.82 Å². The molecule has 2 bridgehead atoms. The fourth-order valence-corrected chi connectivity index (χ4v) is 6.99. The Hall–Kier alpha value is -1.69. The first-order valence-corrected chi connectivity index (χ1v) is 13.2. The number of aromatic nitrogens is 4. The first-order valence-electron chi connectivity index (χ1n) is 10.6. The minimum atomic E-state index is -3.71. The smallest absolute Gasteiger partial charge is 0.325 e. The van der Waals surface area contributed by atoms with Gasteiger partial charge in [-0.3, -0.25) is 13.9 Å². The number of hydrogen-bond donors (Lipinski definition) is 2. The number of rotatable bonds is 5. The van der Waals surface area contributed by atoms with Crippen LogP contribution in [0.2, 0.25) is 0 Å². The van der Waals surface area contributed by atoms with E-state index in [-0.39, 0.29) is 17.1 Å². The highest BCUT2D eigenvalue weighted by atomic mass is 32.5. The normalized spacial score (nSPS) is 29.8. The Labute approximate surface area is 197 Å². The summed E-state index contributed by atoms with van der Waals surface area (Å²) < 4.78 is 20.0. The first kappa shape index (κ1) is 24.4. The van der Waals surface area contributed by atoms with E-state index in [1.165, 1.54) is 6.33 Å². The highest BCUT2D eigenvalue weighted by molar-refractivity contribution is 8.07. The zero-order valence-electron chi connectivity index (χ0n) is 19.8. The van der Waals surface area contributed by atoms with Gasteiger partial charge < -0.3 is 24.8 Å². The molecule has 0 aromatic carbocycles. The highest BCUT2D eigenvalue weighted by Crippen LogP contribution is 2.59. The maximum Gasteiger partial charge on any atom is 0.325 e. The Morgan fingerprint density at radius 1 is 1.27 bits per heavy atom. The summed E-state index contributed by atoms with van der Waals surface area (Å²) in [7, 11) is 1.69. The van der Waals surface area contributed by atoms with Crippen LogP contribution in [0.15, 0.2) is 12.7 Å². The molecule has 2 aromatic heterocycles. The molecule has 2 aromatic rings. The lowest BCUT2D eigenvalue weighted by atomic mass is 9.80. The molecule has 2 aliphatic rings. The van der Waals surface area contributed by atoms with E-state index in [2.05, 4.69) is 15.0 Å². The third-order valence-corrected chi connectivity index (χ3v) is 7.37. The lowest BCUT2D eigenvalue weighted by Gasteiger charge is -2.38. The van der Waals surface area contributed by atoms with Crippen LogP contribution in [0, 0.1) is 5.41 Å². The number of morpholine rings is 1. The number of nitrogens with two attached hydrogens (primary N) is 1. The van der Waals surface area contributed by atoms with Crippen molar-refractivity contribution in [2.45, 2.75) is 77.5 Å². The number of nitrogen functional groups attached to an aromatic ring is 1. The SMILES string of the molecule is CN1C(=O)[C@]2(CC(C)(C)C)O[C@@H](n3cnc4c(N)ncnc43)C1[C@H]2OP(O)(=S)OC(C)(C)C. The molecule has 5 atom stereocenters. The molecule has 182 valence electrons. The summed E-state index contributed by atoms with van der Waals surface area (Å²) in [5, 5.41) is 0. The van der Waals surface area contributed by atoms with Crippen LogP contribution in [0.25, 0.3) is 11.2 Å². The minimum absolute atomic E-state index is 0.229. The molecule has 0 spiro atoms. The Balaban J connectivity index is 1.81. The lowest BCUT2D eigenvalue weighted by Crippen LogP contribution is -2.51. The number of hydrogen-bond acceptors (Lipinski definition) is 9. The average Bonchev–Trinajstić information content (AvgIpc) is 3.22. The van der Waals surface area contributed by atoms with Crippen LogP contribution in [0.5, 0.6) is 0 Å². The van der Waals surface area contributed by atoms with Gasteiger partial charge >= 0.3 is 6.72 Å². The monoisotopic (exact) mass is 498 g/mol. The van der Waals surface area contributed by atoms with Crippen molar-refractivity contribution in [3.63, 3.8) is 0 Å². The molecule has 4 rings (SSSR count). The van der Waals surface area contributed by atoms with Crippen LogP contribution in [-0.2, 0) is 30.4 Å². The third-order valence-electron chi connectivity index (χ3n) is 5.61. The second-order valence-corrected chi connectivity index (χ2v) is 13.5. The van der Waals surface area contributed by atoms with Crippen LogP contribution in [0.3, 0.4) is 0 Å². The summed E-state index contributed by atoms with van der Waals surface area (Å²) in [6, 6.07) is -0.605. The van der Waals surface area contributed by atoms with Crippen molar-refractivity contribution < 1.29 is 23.5 Å². The van der Waals surface area contributed by atoms with Gasteiger partial charge in [0.15, 0.2) is 23.3 Å². The molecule has 0 radical (unpaired) electrons. The van der Waals surface area contributed by atoms with Gasteiger partial charge in [0.05, 0.1) is 11.9 Å². The van der Waals surface area contributed by atoms with Gasteiger partial charge in [-0.05, 0) is 44.4 Å². The van der Waals surface area contributed by atoms with Crippen molar-refractivity contribution in [1.82, 2.24) is 24.4 Å². The fraction of sp³-hybridized carbons (Fsp3) is 0.700. The van der Waals surface area contributed by atoms with Crippen molar-refractivity contribution >= 4 is 41.4 Å². The Bertz CT molecular complexity index is 1140. The summed E-state index contributed by atoms with van der Waals surface area (Å²) in [4.78, 5) is 38.6. The highest BCUT2D eigenvalue weighted by Gasteiger charge is 2.71. The van der Waals surface area contributed by atoms with Gasteiger partial charge in [-0.1, -0.05) is 20.8 Å². The van der Waals surface area contributed by atoms with E-state index in [9.17, 15) is 9.69 Å². The Morgan fingerprint density at radius 3 is 2.55 bits per heavy atom. The summed E-state index contributed by atoms with van der Waals surface area (Å²) in [5.74, 6) is 0.0148. The molecule has 4 heterocycles. The van der Waals surface area contributed by atoms with Crippen LogP contribution in [0.1, 0.15) is 54.2 Å². The van der Waals surface area contributed by atoms with E-state index < -0.39 is 36.3 Å². The molecule has 2 unspecified atom stereocenters. The van der Waals surface area contributed by atoms with E-state index in [4.69, 9.17) is 31.3 Å². The van der Waals surface area contributed by atoms with E-state index in [1.807, 2.05) is 20.8 Å². The summed E-state index contributed by atoms with van der Waals surface area (Å²) in [6.07, 6.45) is 1.69. The van der Waals surface area contributed by atoms with Gasteiger partial charge in [-0.15, -0.1) is 0 Å². The zero-order valence-corrected chi connectivity index (χ0v) is 21.6. The zero-order chi connectivity index (χ0) is 24.6. The average molecular weight is 499 g/mol. The van der Waals surface area contributed by atoms with Crippen molar-refractivity contribution in [2.24, 2.45) is 5.41 Å². The standard InChI is InChI=1S/C20H31N6O5PS/c1-18(2,3)8-20-13(30-32(28,33)31-19(4,5)6)12(25(7)17(20)27)16(29-20)26-10-24-11-14(21)22-9-23-15(11)26/h9-10,12-13,16H,8H2,1-7H3,(H,28,33)(H2,21,22,23)/t12?,13-,16-,20-,32?/m1/s1. The topological polar surface area (TPSA) is 138 Å². The van der Waals surface area contributed by atoms with Crippen LogP contribution >= 0.6 is 6.72 Å². The number of nitrogens with zero attached hydrogens (tertiary/aromatic N) is 5. The maximum atomic E-state index is 13.5. The van der Waals surface area contributed by atoms with E-state index in [0.29, 0.717) is 17.6 Å². The number of likely N-dealkylation sites (N-methyl/N-ethyl adjacent to an activating group) is 1. The van der Waals surface area contributed by atoms with Crippen LogP contribution in [-0.4, -0.2) is 65.6 Å². The number of amides is 1. The van der Waals surface area contributed by atoms with Gasteiger partial charge in [0.2, 0.25) is 0 Å². The van der Waals surface area contributed by atoms with Crippen LogP contribution < -0.4 is 5.73 Å². The molecule has 2 aliphatic heterocycles. The van der Waals surface area contributed by atoms with Gasteiger partial charge in [0.1, 0.15) is 24.0 Å². The quantitative estimate of drug-likeness (QED) is 0.591. The molecule has 11 nitrogen and oxygen atoms in total. The molecule has 1 amide bonds. The van der Waals surface area contributed by atoms with Gasteiger partial charge in [0, 0.05) is 7.05 Å².